The van der Waals surface area contributed by atoms with Crippen molar-refractivity contribution in [1.82, 2.24) is 19.3 Å². The molecule has 2 heterocycles. The van der Waals surface area contributed by atoms with E-state index in [0.29, 0.717) is 0 Å². The maximum absolute atomic E-state index is 4.30. The monoisotopic (exact) mass is 212 g/mol. The minimum Gasteiger partial charge on any atom is -0.334 e. The van der Waals surface area contributed by atoms with Gasteiger partial charge in [0, 0.05) is 25.9 Å². The van der Waals surface area contributed by atoms with Gasteiger partial charge in [-0.25, -0.2) is 4.98 Å². The zero-order valence-corrected chi connectivity index (χ0v) is 9.25. The molecule has 16 heavy (non-hydrogen) atoms. The third-order valence-corrected chi connectivity index (χ3v) is 2.84. The van der Waals surface area contributed by atoms with Crippen molar-refractivity contribution in [3.8, 4) is 11.3 Å². The van der Waals surface area contributed by atoms with Gasteiger partial charge < -0.3 is 4.57 Å². The summed E-state index contributed by atoms with van der Waals surface area (Å²) in [7, 11) is 3.95. The summed E-state index contributed by atoms with van der Waals surface area (Å²) in [5.74, 6) is 0. The van der Waals surface area contributed by atoms with Gasteiger partial charge in [0.05, 0.1) is 23.1 Å². The normalized spacial score (nSPS) is 11.1. The van der Waals surface area contributed by atoms with Gasteiger partial charge in [-0.3, -0.25) is 4.68 Å². The number of hydrogen-bond acceptors (Lipinski definition) is 2. The molecule has 0 aliphatic rings. The molecule has 0 unspecified atom stereocenters. The van der Waals surface area contributed by atoms with Crippen molar-refractivity contribution < 1.29 is 0 Å². The summed E-state index contributed by atoms with van der Waals surface area (Å²) in [5, 5.41) is 4.18. The van der Waals surface area contributed by atoms with Crippen molar-refractivity contribution in [2.24, 2.45) is 14.1 Å². The van der Waals surface area contributed by atoms with Gasteiger partial charge >= 0.3 is 0 Å². The Morgan fingerprint density at radius 3 is 2.75 bits per heavy atom. The number of imidazole rings is 1. The van der Waals surface area contributed by atoms with Gasteiger partial charge in [0.25, 0.3) is 0 Å². The fourth-order valence-electron chi connectivity index (χ4n) is 1.94. The second-order valence-electron chi connectivity index (χ2n) is 3.90. The highest BCUT2D eigenvalue weighted by molar-refractivity contribution is 5.81. The molecule has 0 radical (unpaired) electrons. The predicted molar refractivity (Wildman–Crippen MR) is 62.9 cm³/mol. The molecule has 4 heteroatoms. The first-order valence-electron chi connectivity index (χ1n) is 5.15. The van der Waals surface area contributed by atoms with Crippen LogP contribution in [0, 0.1) is 0 Å². The van der Waals surface area contributed by atoms with E-state index < -0.39 is 0 Å². The highest BCUT2D eigenvalue weighted by atomic mass is 15.3. The highest BCUT2D eigenvalue weighted by Gasteiger charge is 2.05. The fraction of sp³-hybridized carbons (Fsp3) is 0.167. The molecule has 1 aromatic carbocycles. The molecule has 2 aromatic heterocycles. The Kier molecular flexibility index (Phi) is 1.83. The van der Waals surface area contributed by atoms with Gasteiger partial charge in [0.1, 0.15) is 0 Å². The lowest BCUT2D eigenvalue weighted by Crippen LogP contribution is -1.93. The molecule has 0 saturated heterocycles. The van der Waals surface area contributed by atoms with E-state index in [0.717, 1.165) is 22.3 Å². The van der Waals surface area contributed by atoms with E-state index in [1.807, 2.05) is 48.0 Å². The van der Waals surface area contributed by atoms with Gasteiger partial charge in [-0.2, -0.15) is 5.10 Å². The number of rotatable bonds is 1. The van der Waals surface area contributed by atoms with Crippen LogP contribution in [0.4, 0.5) is 0 Å². The molecule has 0 saturated carbocycles. The Labute approximate surface area is 93.1 Å². The number of benzene rings is 1. The first kappa shape index (κ1) is 9.15. The molecular weight excluding hydrogens is 200 g/mol. The van der Waals surface area contributed by atoms with E-state index in [-0.39, 0.29) is 0 Å². The molecule has 3 aromatic rings. The quantitative estimate of drug-likeness (QED) is 0.618. The third kappa shape index (κ3) is 1.23. The van der Waals surface area contributed by atoms with Crippen molar-refractivity contribution in [2.75, 3.05) is 0 Å². The molecule has 0 atom stereocenters. The maximum atomic E-state index is 4.30. The van der Waals surface area contributed by atoms with Crippen LogP contribution in [0.3, 0.4) is 0 Å². The number of fused-ring (bicyclic) bond motifs is 1. The van der Waals surface area contributed by atoms with Crippen molar-refractivity contribution in [1.29, 1.82) is 0 Å². The largest absolute Gasteiger partial charge is 0.334 e. The van der Waals surface area contributed by atoms with Crippen LogP contribution in [0.5, 0.6) is 0 Å². The zero-order chi connectivity index (χ0) is 11.1. The molecule has 0 N–H and O–H groups in total. The summed E-state index contributed by atoms with van der Waals surface area (Å²) in [4.78, 5) is 4.30. The van der Waals surface area contributed by atoms with E-state index >= 15 is 0 Å². The van der Waals surface area contributed by atoms with Crippen LogP contribution in [0.25, 0.3) is 22.3 Å². The molecule has 0 amide bonds. The third-order valence-electron chi connectivity index (χ3n) is 2.84. The van der Waals surface area contributed by atoms with Crippen LogP contribution in [-0.2, 0) is 14.1 Å². The number of nitrogens with zero attached hydrogens (tertiary/aromatic N) is 4. The Morgan fingerprint density at radius 2 is 2.00 bits per heavy atom. The zero-order valence-electron chi connectivity index (χ0n) is 9.25. The van der Waals surface area contributed by atoms with E-state index in [1.165, 1.54) is 0 Å². The first-order chi connectivity index (χ1) is 7.75. The summed E-state index contributed by atoms with van der Waals surface area (Å²) in [5.41, 5.74) is 4.44. The Morgan fingerprint density at radius 1 is 1.12 bits per heavy atom. The molecule has 0 spiro atoms. The second kappa shape index (κ2) is 3.20. The van der Waals surface area contributed by atoms with Crippen molar-refractivity contribution in [3.05, 3.63) is 36.8 Å². The molecular formula is C12H12N4. The van der Waals surface area contributed by atoms with E-state index in [1.54, 1.807) is 0 Å². The first-order valence-corrected chi connectivity index (χ1v) is 5.15. The fourth-order valence-corrected chi connectivity index (χ4v) is 1.94. The highest BCUT2D eigenvalue weighted by Crippen LogP contribution is 2.22. The summed E-state index contributed by atoms with van der Waals surface area (Å²) in [6.45, 7) is 0. The number of hydrogen-bond donors (Lipinski definition) is 0. The Balaban J connectivity index is 2.25. The van der Waals surface area contributed by atoms with E-state index in [2.05, 4.69) is 22.2 Å². The van der Waals surface area contributed by atoms with E-state index in [4.69, 9.17) is 0 Å². The Bertz CT molecular complexity index is 648. The molecule has 4 nitrogen and oxygen atoms in total. The maximum Gasteiger partial charge on any atom is 0.0955 e. The minimum atomic E-state index is 1.02. The Hall–Kier alpha value is -2.10. The summed E-state index contributed by atoms with van der Waals surface area (Å²) in [6, 6.07) is 8.26. The van der Waals surface area contributed by atoms with Crippen LogP contribution in [0.15, 0.2) is 36.8 Å². The standard InChI is InChI=1S/C12H12N4/c1-15-8-13-10-4-3-9(7-12(10)15)11-5-6-14-16(11)2/h3-8H,1-2H3. The van der Waals surface area contributed by atoms with Crippen molar-refractivity contribution in [3.63, 3.8) is 0 Å². The van der Waals surface area contributed by atoms with Gasteiger partial charge in [-0.15, -0.1) is 0 Å². The van der Waals surface area contributed by atoms with Crippen LogP contribution < -0.4 is 0 Å². The van der Waals surface area contributed by atoms with Crippen molar-refractivity contribution >= 4 is 11.0 Å². The lowest BCUT2D eigenvalue weighted by molar-refractivity contribution is 0.776. The van der Waals surface area contributed by atoms with Crippen LogP contribution >= 0.6 is 0 Å². The summed E-state index contributed by atoms with van der Waals surface area (Å²) >= 11 is 0. The van der Waals surface area contributed by atoms with Crippen LogP contribution in [0.1, 0.15) is 0 Å². The smallest absolute Gasteiger partial charge is 0.0955 e. The number of aromatic nitrogens is 4. The number of aryl methyl sites for hydroxylation is 2. The van der Waals surface area contributed by atoms with Gasteiger partial charge in [0.2, 0.25) is 0 Å². The molecule has 80 valence electrons. The average molecular weight is 212 g/mol. The SMILES string of the molecule is Cn1nccc1-c1ccc2ncn(C)c2c1. The average Bonchev–Trinajstić information content (AvgIpc) is 2.86. The summed E-state index contributed by atoms with van der Waals surface area (Å²) < 4.78 is 3.90. The van der Waals surface area contributed by atoms with E-state index in [9.17, 15) is 0 Å². The van der Waals surface area contributed by atoms with Gasteiger partial charge in [-0.05, 0) is 18.2 Å². The summed E-state index contributed by atoms with van der Waals surface area (Å²) in [6.07, 6.45) is 3.64. The second-order valence-corrected chi connectivity index (χ2v) is 3.90. The van der Waals surface area contributed by atoms with Crippen LogP contribution in [0.2, 0.25) is 0 Å². The predicted octanol–water partition coefficient (Wildman–Crippen LogP) is 1.97. The lowest BCUT2D eigenvalue weighted by Gasteiger charge is -2.02. The van der Waals surface area contributed by atoms with Gasteiger partial charge in [0.15, 0.2) is 0 Å². The lowest BCUT2D eigenvalue weighted by atomic mass is 10.1. The molecule has 0 fully saturated rings. The topological polar surface area (TPSA) is 35.6 Å². The van der Waals surface area contributed by atoms with Gasteiger partial charge in [-0.1, -0.05) is 6.07 Å². The van der Waals surface area contributed by atoms with Crippen molar-refractivity contribution in [2.45, 2.75) is 0 Å². The van der Waals surface area contributed by atoms with Crippen LogP contribution in [-0.4, -0.2) is 19.3 Å². The molecule has 0 bridgehead atoms. The molecule has 0 aliphatic heterocycles. The molecule has 3 rings (SSSR count). The minimum absolute atomic E-state index is 1.02. The molecule has 0 aliphatic carbocycles.